The summed E-state index contributed by atoms with van der Waals surface area (Å²) in [4.78, 5) is 4.85. The molecular formula is C17H17N3O3S. The molecule has 24 heavy (non-hydrogen) atoms. The molecule has 0 radical (unpaired) electrons. The normalized spacial score (nSPS) is 15.4. The second-order valence-corrected chi connectivity index (χ2v) is 7.62. The highest BCUT2D eigenvalue weighted by atomic mass is 32.2. The van der Waals surface area contributed by atoms with E-state index in [0.29, 0.717) is 18.8 Å². The number of rotatable bonds is 3. The van der Waals surface area contributed by atoms with E-state index >= 15 is 0 Å². The largest absolute Gasteiger partial charge is 0.497 e. The highest BCUT2D eigenvalue weighted by molar-refractivity contribution is 7.89. The minimum atomic E-state index is -3.54. The molecule has 0 saturated carbocycles. The maximum atomic E-state index is 12.9. The van der Waals surface area contributed by atoms with E-state index in [1.807, 2.05) is 24.3 Å². The number of hydrogen-bond donors (Lipinski definition) is 0. The molecule has 0 unspecified atom stereocenters. The molecule has 1 aromatic heterocycles. The fraction of sp³-hybridized carbons (Fsp3) is 0.235. The van der Waals surface area contributed by atoms with Crippen LogP contribution in [0.15, 0.2) is 53.4 Å². The molecule has 0 aliphatic carbocycles. The fourth-order valence-electron chi connectivity index (χ4n) is 3.05. The molecule has 3 aromatic rings. The number of fused-ring (bicyclic) bond motifs is 3. The maximum Gasteiger partial charge on any atom is 0.243 e. The van der Waals surface area contributed by atoms with Crippen molar-refractivity contribution in [3.63, 3.8) is 0 Å². The molecule has 0 saturated heterocycles. The molecule has 0 bridgehead atoms. The zero-order valence-electron chi connectivity index (χ0n) is 13.2. The molecule has 4 rings (SSSR count). The van der Waals surface area contributed by atoms with Gasteiger partial charge in [-0.15, -0.1) is 0 Å². The standard InChI is InChI=1S/C17H17N3O3S/c1-23-13-6-8-14(9-7-13)24(21,22)19-10-11-20-16-5-3-2-4-15(16)18-17(20)12-19/h2-9H,10-12H2,1H3. The van der Waals surface area contributed by atoms with Crippen molar-refractivity contribution < 1.29 is 13.2 Å². The predicted molar refractivity (Wildman–Crippen MR) is 90.3 cm³/mol. The number of ether oxygens (including phenoxy) is 1. The van der Waals surface area contributed by atoms with Crippen LogP contribution in [0.4, 0.5) is 0 Å². The van der Waals surface area contributed by atoms with Crippen LogP contribution in [0.1, 0.15) is 5.82 Å². The molecule has 1 aliphatic rings. The monoisotopic (exact) mass is 343 g/mol. The average Bonchev–Trinajstić information content (AvgIpc) is 2.99. The van der Waals surface area contributed by atoms with E-state index in [9.17, 15) is 8.42 Å². The van der Waals surface area contributed by atoms with Crippen molar-refractivity contribution in [2.24, 2.45) is 0 Å². The molecule has 0 fully saturated rings. The van der Waals surface area contributed by atoms with Gasteiger partial charge in [0.1, 0.15) is 11.6 Å². The van der Waals surface area contributed by atoms with Gasteiger partial charge in [0.05, 0.1) is 29.6 Å². The summed E-state index contributed by atoms with van der Waals surface area (Å²) >= 11 is 0. The summed E-state index contributed by atoms with van der Waals surface area (Å²) in [6.45, 7) is 1.32. The predicted octanol–water partition coefficient (Wildman–Crippen LogP) is 2.25. The third-order valence-electron chi connectivity index (χ3n) is 4.32. The third kappa shape index (κ3) is 2.37. The van der Waals surface area contributed by atoms with Gasteiger partial charge in [-0.1, -0.05) is 12.1 Å². The Morgan fingerprint density at radius 3 is 2.54 bits per heavy atom. The van der Waals surface area contributed by atoms with Crippen LogP contribution in [0.25, 0.3) is 11.0 Å². The Labute approximate surface area is 140 Å². The van der Waals surface area contributed by atoms with E-state index in [1.165, 1.54) is 4.31 Å². The molecule has 0 atom stereocenters. The van der Waals surface area contributed by atoms with Crippen molar-refractivity contribution in [3.8, 4) is 5.75 Å². The molecule has 2 aromatic carbocycles. The maximum absolute atomic E-state index is 12.9. The fourth-order valence-corrected chi connectivity index (χ4v) is 4.43. The molecule has 0 N–H and O–H groups in total. The lowest BCUT2D eigenvalue weighted by atomic mass is 10.3. The summed E-state index contributed by atoms with van der Waals surface area (Å²) in [6.07, 6.45) is 0. The van der Waals surface area contributed by atoms with Crippen molar-refractivity contribution in [1.82, 2.24) is 13.9 Å². The zero-order valence-corrected chi connectivity index (χ0v) is 14.0. The van der Waals surface area contributed by atoms with Crippen molar-refractivity contribution in [1.29, 1.82) is 0 Å². The van der Waals surface area contributed by atoms with Gasteiger partial charge >= 0.3 is 0 Å². The first-order valence-corrected chi connectivity index (χ1v) is 9.12. The van der Waals surface area contributed by atoms with Gasteiger partial charge in [-0.3, -0.25) is 0 Å². The molecule has 124 valence electrons. The molecule has 6 nitrogen and oxygen atoms in total. The van der Waals surface area contributed by atoms with Crippen LogP contribution in [-0.4, -0.2) is 35.9 Å². The minimum absolute atomic E-state index is 0.271. The van der Waals surface area contributed by atoms with Crippen LogP contribution >= 0.6 is 0 Å². The topological polar surface area (TPSA) is 64.4 Å². The number of methoxy groups -OCH3 is 1. The van der Waals surface area contributed by atoms with E-state index < -0.39 is 10.0 Å². The van der Waals surface area contributed by atoms with E-state index in [1.54, 1.807) is 31.4 Å². The van der Waals surface area contributed by atoms with Crippen LogP contribution in [0, 0.1) is 0 Å². The van der Waals surface area contributed by atoms with E-state index in [0.717, 1.165) is 16.9 Å². The van der Waals surface area contributed by atoms with Crippen molar-refractivity contribution in [2.45, 2.75) is 18.0 Å². The summed E-state index contributed by atoms with van der Waals surface area (Å²) < 4.78 is 34.4. The van der Waals surface area contributed by atoms with E-state index in [-0.39, 0.29) is 11.4 Å². The number of nitrogens with zero attached hydrogens (tertiary/aromatic N) is 3. The number of aromatic nitrogens is 2. The summed E-state index contributed by atoms with van der Waals surface area (Å²) in [7, 11) is -1.99. The second-order valence-electron chi connectivity index (χ2n) is 5.68. The molecule has 2 heterocycles. The van der Waals surface area contributed by atoms with Gasteiger partial charge in [0.2, 0.25) is 10.0 Å². The van der Waals surface area contributed by atoms with Gasteiger partial charge in [0.25, 0.3) is 0 Å². The summed E-state index contributed by atoms with van der Waals surface area (Å²) in [6, 6.07) is 14.3. The number of imidazole rings is 1. The van der Waals surface area contributed by atoms with Crippen molar-refractivity contribution >= 4 is 21.1 Å². The van der Waals surface area contributed by atoms with Crippen LogP contribution in [0.2, 0.25) is 0 Å². The van der Waals surface area contributed by atoms with E-state index in [2.05, 4.69) is 9.55 Å². The molecule has 1 aliphatic heterocycles. The highest BCUT2D eigenvalue weighted by Gasteiger charge is 2.30. The molecule has 0 spiro atoms. The number of benzene rings is 2. The minimum Gasteiger partial charge on any atom is -0.497 e. The van der Waals surface area contributed by atoms with Crippen LogP contribution in [-0.2, 0) is 23.1 Å². The Kier molecular flexibility index (Phi) is 3.54. The number of para-hydroxylation sites is 2. The van der Waals surface area contributed by atoms with Crippen LogP contribution in [0.5, 0.6) is 5.75 Å². The van der Waals surface area contributed by atoms with Crippen LogP contribution < -0.4 is 4.74 Å². The lowest BCUT2D eigenvalue weighted by Crippen LogP contribution is -2.38. The Balaban J connectivity index is 1.67. The molecular weight excluding hydrogens is 326 g/mol. The second kappa shape index (κ2) is 5.61. The Morgan fingerprint density at radius 2 is 1.79 bits per heavy atom. The van der Waals surface area contributed by atoms with Crippen molar-refractivity contribution in [2.75, 3.05) is 13.7 Å². The Bertz CT molecular complexity index is 994. The van der Waals surface area contributed by atoms with Gasteiger partial charge < -0.3 is 9.30 Å². The summed E-state index contributed by atoms with van der Waals surface area (Å²) in [5.74, 6) is 1.41. The average molecular weight is 343 g/mol. The lowest BCUT2D eigenvalue weighted by Gasteiger charge is -2.27. The SMILES string of the molecule is COc1ccc(S(=O)(=O)N2CCn3c(nc4ccccc43)C2)cc1. The lowest BCUT2D eigenvalue weighted by molar-refractivity contribution is 0.339. The summed E-state index contributed by atoms with van der Waals surface area (Å²) in [5.41, 5.74) is 1.95. The highest BCUT2D eigenvalue weighted by Crippen LogP contribution is 2.26. The number of sulfonamides is 1. The smallest absolute Gasteiger partial charge is 0.243 e. The molecule has 7 heteroatoms. The quantitative estimate of drug-likeness (QED) is 0.732. The van der Waals surface area contributed by atoms with Gasteiger partial charge in [0.15, 0.2) is 0 Å². The zero-order chi connectivity index (χ0) is 16.7. The third-order valence-corrected chi connectivity index (χ3v) is 6.18. The van der Waals surface area contributed by atoms with Gasteiger partial charge in [-0.2, -0.15) is 4.31 Å². The van der Waals surface area contributed by atoms with Gasteiger partial charge in [0, 0.05) is 13.1 Å². The first-order chi connectivity index (χ1) is 11.6. The Hall–Kier alpha value is -2.38. The van der Waals surface area contributed by atoms with Crippen molar-refractivity contribution in [3.05, 3.63) is 54.4 Å². The van der Waals surface area contributed by atoms with Gasteiger partial charge in [-0.05, 0) is 36.4 Å². The van der Waals surface area contributed by atoms with Crippen LogP contribution in [0.3, 0.4) is 0 Å². The first kappa shape index (κ1) is 15.2. The molecule has 0 amide bonds. The van der Waals surface area contributed by atoms with E-state index in [4.69, 9.17) is 4.74 Å². The Morgan fingerprint density at radius 1 is 1.04 bits per heavy atom. The van der Waals surface area contributed by atoms with Gasteiger partial charge in [-0.25, -0.2) is 13.4 Å². The number of hydrogen-bond acceptors (Lipinski definition) is 4. The summed E-state index contributed by atoms with van der Waals surface area (Å²) in [5, 5.41) is 0. The first-order valence-electron chi connectivity index (χ1n) is 7.68.